The quantitative estimate of drug-likeness (QED) is 0.821. The second-order valence-corrected chi connectivity index (χ2v) is 8.86. The fourth-order valence-electron chi connectivity index (χ4n) is 4.01. The van der Waals surface area contributed by atoms with Gasteiger partial charge in [0.2, 0.25) is 0 Å². The molecular weight excluding hydrogens is 310 g/mol. The van der Waals surface area contributed by atoms with E-state index >= 15 is 0 Å². The van der Waals surface area contributed by atoms with Crippen LogP contribution in [-0.2, 0) is 23.1 Å². The van der Waals surface area contributed by atoms with Gasteiger partial charge in [0.25, 0.3) is 0 Å². The molecule has 1 atom stereocenters. The molecule has 5 nitrogen and oxygen atoms in total. The fraction of sp³-hybridized carbons (Fsp3) is 0.824. The molecule has 4 heterocycles. The van der Waals surface area contributed by atoms with E-state index in [-0.39, 0.29) is 0 Å². The van der Waals surface area contributed by atoms with Crippen LogP contribution in [0.1, 0.15) is 24.8 Å². The summed E-state index contributed by atoms with van der Waals surface area (Å²) in [7, 11) is 1.98. The lowest BCUT2D eigenvalue weighted by molar-refractivity contribution is -0.0133. The maximum Gasteiger partial charge on any atom is 0.0680 e. The van der Waals surface area contributed by atoms with Crippen LogP contribution in [-0.4, -0.2) is 64.2 Å². The average molecular weight is 337 g/mol. The molecule has 4 rings (SSSR count). The smallest absolute Gasteiger partial charge is 0.0680 e. The van der Waals surface area contributed by atoms with Gasteiger partial charge >= 0.3 is 0 Å². The van der Waals surface area contributed by atoms with Crippen molar-refractivity contribution in [2.45, 2.75) is 36.7 Å². The zero-order chi connectivity index (χ0) is 15.7. The predicted molar refractivity (Wildman–Crippen MR) is 91.6 cm³/mol. The number of hydrogen-bond acceptors (Lipinski definition) is 5. The summed E-state index contributed by atoms with van der Waals surface area (Å²) in [4.78, 5) is 2.53. The number of nitrogens with zero attached hydrogens (tertiary/aromatic N) is 3. The first-order chi connectivity index (χ1) is 11.2. The first-order valence-electron chi connectivity index (χ1n) is 8.74. The Labute approximate surface area is 142 Å². The van der Waals surface area contributed by atoms with Gasteiger partial charge in [0.1, 0.15) is 0 Å². The number of likely N-dealkylation sites (tertiary alicyclic amines) is 1. The summed E-state index contributed by atoms with van der Waals surface area (Å²) in [6.07, 6.45) is 8.13. The molecular formula is C17H27N3O2S. The van der Waals surface area contributed by atoms with Crippen LogP contribution in [0.15, 0.2) is 12.4 Å². The van der Waals surface area contributed by atoms with E-state index in [0.717, 1.165) is 26.4 Å². The number of ether oxygens (including phenoxy) is 2. The highest BCUT2D eigenvalue weighted by atomic mass is 32.2. The Morgan fingerprint density at radius 1 is 1.39 bits per heavy atom. The van der Waals surface area contributed by atoms with Crippen LogP contribution in [0.3, 0.4) is 0 Å². The molecule has 23 heavy (non-hydrogen) atoms. The monoisotopic (exact) mass is 337 g/mol. The third kappa shape index (κ3) is 3.76. The summed E-state index contributed by atoms with van der Waals surface area (Å²) in [5.74, 6) is 1.89. The van der Waals surface area contributed by atoms with Gasteiger partial charge in [-0.15, -0.1) is 11.8 Å². The largest absolute Gasteiger partial charge is 0.381 e. The van der Waals surface area contributed by atoms with Gasteiger partial charge in [-0.2, -0.15) is 5.10 Å². The van der Waals surface area contributed by atoms with Gasteiger partial charge in [-0.1, -0.05) is 0 Å². The molecule has 0 saturated carbocycles. The van der Waals surface area contributed by atoms with Crippen molar-refractivity contribution < 1.29 is 9.47 Å². The van der Waals surface area contributed by atoms with Crippen molar-refractivity contribution in [1.82, 2.24) is 14.7 Å². The lowest BCUT2D eigenvalue weighted by Crippen LogP contribution is -2.58. The maximum atomic E-state index is 6.22. The van der Waals surface area contributed by atoms with Gasteiger partial charge in [-0.05, 0) is 25.2 Å². The first kappa shape index (κ1) is 15.9. The Kier molecular flexibility index (Phi) is 4.67. The predicted octanol–water partition coefficient (Wildman–Crippen LogP) is 1.92. The SMILES string of the molecule is Cn1cc(CN2CC3(CC(OCC4CCOCC4)CS3)C2)cn1. The molecule has 0 bridgehead atoms. The Hall–Kier alpha value is -0.560. The van der Waals surface area contributed by atoms with E-state index in [2.05, 4.69) is 28.0 Å². The molecule has 0 N–H and O–H groups in total. The Balaban J connectivity index is 1.19. The lowest BCUT2D eigenvalue weighted by atomic mass is 9.92. The van der Waals surface area contributed by atoms with Crippen molar-refractivity contribution in [3.05, 3.63) is 18.0 Å². The van der Waals surface area contributed by atoms with Gasteiger partial charge in [0.15, 0.2) is 0 Å². The van der Waals surface area contributed by atoms with E-state index in [4.69, 9.17) is 9.47 Å². The molecule has 3 aliphatic rings. The molecule has 128 valence electrons. The second kappa shape index (κ2) is 6.75. The van der Waals surface area contributed by atoms with Crippen LogP contribution in [0.4, 0.5) is 0 Å². The first-order valence-corrected chi connectivity index (χ1v) is 9.73. The zero-order valence-corrected chi connectivity index (χ0v) is 14.8. The normalized spacial score (nSPS) is 28.3. The summed E-state index contributed by atoms with van der Waals surface area (Å²) in [6, 6.07) is 0. The standard InChI is InChI=1S/C17H27N3O2S/c1-19-8-15(7-18-19)9-20-12-17(13-20)6-16(11-23-17)22-10-14-2-4-21-5-3-14/h7-8,14,16H,2-6,9-13H2,1H3. The van der Waals surface area contributed by atoms with Crippen molar-refractivity contribution in [1.29, 1.82) is 0 Å². The average Bonchev–Trinajstić information content (AvgIpc) is 3.13. The van der Waals surface area contributed by atoms with E-state index in [1.54, 1.807) is 0 Å². The molecule has 0 amide bonds. The second-order valence-electron chi connectivity index (χ2n) is 7.38. The summed E-state index contributed by atoms with van der Waals surface area (Å²) >= 11 is 2.13. The van der Waals surface area contributed by atoms with Crippen molar-refractivity contribution in [3.8, 4) is 0 Å². The molecule has 6 heteroatoms. The minimum absolute atomic E-state index is 0.461. The molecule has 1 aromatic heterocycles. The number of rotatable bonds is 5. The van der Waals surface area contributed by atoms with Crippen LogP contribution in [0, 0.1) is 5.92 Å². The van der Waals surface area contributed by atoms with E-state index < -0.39 is 0 Å². The third-order valence-corrected chi connectivity index (χ3v) is 6.85. The molecule has 0 radical (unpaired) electrons. The van der Waals surface area contributed by atoms with Crippen LogP contribution < -0.4 is 0 Å². The molecule has 3 aliphatic heterocycles. The van der Waals surface area contributed by atoms with E-state index in [1.165, 1.54) is 43.7 Å². The van der Waals surface area contributed by atoms with Gasteiger partial charge in [0.05, 0.1) is 12.3 Å². The molecule has 1 aromatic rings. The van der Waals surface area contributed by atoms with Gasteiger partial charge in [-0.3, -0.25) is 9.58 Å². The van der Waals surface area contributed by atoms with Crippen LogP contribution in [0.5, 0.6) is 0 Å². The maximum absolute atomic E-state index is 6.22. The Bertz CT molecular complexity index is 524. The zero-order valence-electron chi connectivity index (χ0n) is 13.9. The molecule has 0 aliphatic carbocycles. The minimum Gasteiger partial charge on any atom is -0.381 e. The molecule has 3 fully saturated rings. The number of aromatic nitrogens is 2. The summed E-state index contributed by atoms with van der Waals surface area (Å²) in [5.41, 5.74) is 1.32. The van der Waals surface area contributed by atoms with E-state index in [1.807, 2.05) is 17.9 Å². The fourth-order valence-corrected chi connectivity index (χ4v) is 5.61. The van der Waals surface area contributed by atoms with Crippen molar-refractivity contribution in [2.75, 3.05) is 38.7 Å². The lowest BCUT2D eigenvalue weighted by Gasteiger charge is -2.47. The highest BCUT2D eigenvalue weighted by Crippen LogP contribution is 2.46. The minimum atomic E-state index is 0.461. The molecule has 0 aromatic carbocycles. The van der Waals surface area contributed by atoms with Crippen molar-refractivity contribution in [2.24, 2.45) is 13.0 Å². The Morgan fingerprint density at radius 3 is 2.96 bits per heavy atom. The van der Waals surface area contributed by atoms with Crippen molar-refractivity contribution >= 4 is 11.8 Å². The third-order valence-electron chi connectivity index (χ3n) is 5.27. The van der Waals surface area contributed by atoms with Crippen molar-refractivity contribution in [3.63, 3.8) is 0 Å². The van der Waals surface area contributed by atoms with Crippen LogP contribution >= 0.6 is 11.8 Å². The van der Waals surface area contributed by atoms with Crippen LogP contribution in [0.25, 0.3) is 0 Å². The van der Waals surface area contributed by atoms with Gasteiger partial charge < -0.3 is 9.47 Å². The Morgan fingerprint density at radius 2 is 2.22 bits per heavy atom. The van der Waals surface area contributed by atoms with Gasteiger partial charge in [-0.25, -0.2) is 0 Å². The molecule has 3 saturated heterocycles. The number of hydrogen-bond donors (Lipinski definition) is 0. The van der Waals surface area contributed by atoms with E-state index in [9.17, 15) is 0 Å². The van der Waals surface area contributed by atoms with Crippen LogP contribution in [0.2, 0.25) is 0 Å². The highest BCUT2D eigenvalue weighted by Gasteiger charge is 2.49. The summed E-state index contributed by atoms with van der Waals surface area (Å²) < 4.78 is 14.0. The van der Waals surface area contributed by atoms with Gasteiger partial charge in [0, 0.05) is 68.8 Å². The summed E-state index contributed by atoms with van der Waals surface area (Å²) in [5, 5.41) is 4.25. The molecule has 1 unspecified atom stereocenters. The number of thioether (sulfide) groups is 1. The van der Waals surface area contributed by atoms with E-state index in [0.29, 0.717) is 16.8 Å². The topological polar surface area (TPSA) is 39.5 Å². The highest BCUT2D eigenvalue weighted by molar-refractivity contribution is 8.01. The summed E-state index contributed by atoms with van der Waals surface area (Å²) in [6.45, 7) is 6.20. The molecule has 1 spiro atoms. The number of aryl methyl sites for hydroxylation is 1.